The number of fused-ring (bicyclic) bond motifs is 1. The number of nitrogens with one attached hydrogen (secondary N) is 2. The molecule has 0 bridgehead atoms. The highest BCUT2D eigenvalue weighted by atomic mass is 35.5. The van der Waals surface area contributed by atoms with E-state index in [1.165, 1.54) is 26.4 Å². The first-order valence-corrected chi connectivity index (χ1v) is 8.28. The molecule has 2 N–H and O–H groups in total. The van der Waals surface area contributed by atoms with Gasteiger partial charge in [-0.1, -0.05) is 17.7 Å². The maximum atomic E-state index is 12.5. The largest absolute Gasteiger partial charge is 0.493 e. The van der Waals surface area contributed by atoms with Crippen molar-refractivity contribution in [2.45, 2.75) is 0 Å². The molecule has 0 saturated carbocycles. The topological polar surface area (TPSA) is 89.6 Å². The number of carbonyl (C=O) groups excluding carboxylic acids is 2. The van der Waals surface area contributed by atoms with E-state index in [0.717, 1.165) is 5.39 Å². The number of pyridine rings is 1. The Labute approximate surface area is 160 Å². The van der Waals surface area contributed by atoms with Crippen LogP contribution in [0, 0.1) is 0 Å². The van der Waals surface area contributed by atoms with Crippen molar-refractivity contribution >= 4 is 34.3 Å². The van der Waals surface area contributed by atoms with Gasteiger partial charge in [-0.25, -0.2) is 0 Å². The van der Waals surface area contributed by atoms with Crippen molar-refractivity contribution in [3.8, 4) is 11.5 Å². The van der Waals surface area contributed by atoms with E-state index in [1.807, 2.05) is 0 Å². The number of methoxy groups -OCH3 is 2. The summed E-state index contributed by atoms with van der Waals surface area (Å²) in [5.74, 6) is -0.144. The van der Waals surface area contributed by atoms with Gasteiger partial charge in [-0.3, -0.25) is 25.4 Å². The molecular weight excluding hydrogens is 370 g/mol. The molecule has 7 nitrogen and oxygen atoms in total. The second-order valence-electron chi connectivity index (χ2n) is 5.51. The smallest absolute Gasteiger partial charge is 0.271 e. The molecule has 27 heavy (non-hydrogen) atoms. The zero-order valence-electron chi connectivity index (χ0n) is 14.6. The lowest BCUT2D eigenvalue weighted by molar-refractivity contribution is 0.0847. The highest BCUT2D eigenvalue weighted by Crippen LogP contribution is 2.27. The van der Waals surface area contributed by atoms with Crippen molar-refractivity contribution < 1.29 is 19.1 Å². The summed E-state index contributed by atoms with van der Waals surface area (Å²) in [5.41, 5.74) is 5.77. The van der Waals surface area contributed by atoms with Crippen molar-refractivity contribution in [1.82, 2.24) is 15.8 Å². The predicted molar refractivity (Wildman–Crippen MR) is 101 cm³/mol. The number of aromatic nitrogens is 1. The molecule has 0 atom stereocenters. The zero-order chi connectivity index (χ0) is 19.4. The first-order valence-electron chi connectivity index (χ1n) is 7.90. The minimum Gasteiger partial charge on any atom is -0.493 e. The molecule has 0 radical (unpaired) electrons. The fourth-order valence-electron chi connectivity index (χ4n) is 2.56. The molecule has 0 aliphatic carbocycles. The third kappa shape index (κ3) is 3.93. The molecule has 0 saturated heterocycles. The standard InChI is InChI=1S/C19H16ClN3O4/c1-26-15-6-5-12(9-16(15)27-2)18(24)22-23-19(25)14-10-13(20)8-11-4-3-7-21-17(11)14/h3-10H,1-2H3,(H,22,24)(H,23,25). The predicted octanol–water partition coefficient (Wildman–Crippen LogP) is 2.98. The first-order chi connectivity index (χ1) is 13.0. The van der Waals surface area contributed by atoms with Crippen LogP contribution in [0.1, 0.15) is 20.7 Å². The Morgan fingerprint density at radius 1 is 0.963 bits per heavy atom. The van der Waals surface area contributed by atoms with Crippen LogP contribution in [0.5, 0.6) is 11.5 Å². The zero-order valence-corrected chi connectivity index (χ0v) is 15.3. The molecule has 138 valence electrons. The Morgan fingerprint density at radius 2 is 1.70 bits per heavy atom. The number of hydrogen-bond acceptors (Lipinski definition) is 5. The van der Waals surface area contributed by atoms with E-state index in [2.05, 4.69) is 15.8 Å². The SMILES string of the molecule is COc1ccc(C(=O)NNC(=O)c2cc(Cl)cc3cccnc23)cc1OC. The van der Waals surface area contributed by atoms with Crippen LogP contribution in [0.3, 0.4) is 0 Å². The van der Waals surface area contributed by atoms with E-state index >= 15 is 0 Å². The van der Waals surface area contributed by atoms with Crippen LogP contribution >= 0.6 is 11.6 Å². The first kappa shape index (κ1) is 18.5. The summed E-state index contributed by atoms with van der Waals surface area (Å²) in [4.78, 5) is 29.0. The van der Waals surface area contributed by atoms with Crippen molar-refractivity contribution in [3.63, 3.8) is 0 Å². The van der Waals surface area contributed by atoms with Crippen LogP contribution in [-0.2, 0) is 0 Å². The van der Waals surface area contributed by atoms with Gasteiger partial charge in [-0.15, -0.1) is 0 Å². The Bertz CT molecular complexity index is 1020. The lowest BCUT2D eigenvalue weighted by Crippen LogP contribution is -2.41. The van der Waals surface area contributed by atoms with Crippen molar-refractivity contribution in [2.75, 3.05) is 14.2 Å². The van der Waals surface area contributed by atoms with Crippen LogP contribution in [-0.4, -0.2) is 31.0 Å². The maximum absolute atomic E-state index is 12.5. The Morgan fingerprint density at radius 3 is 2.44 bits per heavy atom. The van der Waals surface area contributed by atoms with Gasteiger partial charge in [-0.05, 0) is 36.4 Å². The van der Waals surface area contributed by atoms with Crippen LogP contribution in [0.4, 0.5) is 0 Å². The average Bonchev–Trinajstić information content (AvgIpc) is 2.70. The van der Waals surface area contributed by atoms with Crippen molar-refractivity contribution in [3.05, 3.63) is 64.8 Å². The van der Waals surface area contributed by atoms with E-state index in [1.54, 1.807) is 36.5 Å². The molecule has 1 heterocycles. The minimum atomic E-state index is -0.532. The van der Waals surface area contributed by atoms with Gasteiger partial charge in [0.2, 0.25) is 0 Å². The van der Waals surface area contributed by atoms with Crippen LogP contribution in [0.25, 0.3) is 10.9 Å². The van der Waals surface area contributed by atoms with Crippen LogP contribution in [0.15, 0.2) is 48.7 Å². The Kier molecular flexibility index (Phi) is 5.42. The minimum absolute atomic E-state index is 0.255. The fourth-order valence-corrected chi connectivity index (χ4v) is 2.79. The van der Waals surface area contributed by atoms with E-state index in [0.29, 0.717) is 27.6 Å². The van der Waals surface area contributed by atoms with Crippen molar-refractivity contribution in [2.24, 2.45) is 0 Å². The number of amides is 2. The van der Waals surface area contributed by atoms with Gasteiger partial charge in [0.15, 0.2) is 11.5 Å². The van der Waals surface area contributed by atoms with Gasteiger partial charge >= 0.3 is 0 Å². The van der Waals surface area contributed by atoms with E-state index in [-0.39, 0.29) is 5.56 Å². The Balaban J connectivity index is 1.77. The molecule has 0 aliphatic rings. The van der Waals surface area contributed by atoms with Crippen LogP contribution < -0.4 is 20.3 Å². The van der Waals surface area contributed by atoms with Gasteiger partial charge < -0.3 is 9.47 Å². The van der Waals surface area contributed by atoms with E-state index in [9.17, 15) is 9.59 Å². The number of halogens is 1. The highest BCUT2D eigenvalue weighted by molar-refractivity contribution is 6.32. The normalized spacial score (nSPS) is 10.3. The van der Waals surface area contributed by atoms with E-state index < -0.39 is 11.8 Å². The second kappa shape index (κ2) is 7.92. The van der Waals surface area contributed by atoms with Gasteiger partial charge in [0.05, 0.1) is 25.3 Å². The number of benzene rings is 2. The molecule has 0 aliphatic heterocycles. The highest BCUT2D eigenvalue weighted by Gasteiger charge is 2.15. The summed E-state index contributed by atoms with van der Waals surface area (Å²) < 4.78 is 10.3. The van der Waals surface area contributed by atoms with Crippen molar-refractivity contribution in [1.29, 1.82) is 0 Å². The molecule has 2 aromatic carbocycles. The Hall–Kier alpha value is -3.32. The number of carbonyl (C=O) groups is 2. The molecular formula is C19H16ClN3O4. The third-order valence-electron chi connectivity index (χ3n) is 3.85. The number of hydrazine groups is 1. The average molecular weight is 386 g/mol. The second-order valence-corrected chi connectivity index (χ2v) is 5.94. The van der Waals surface area contributed by atoms with E-state index in [4.69, 9.17) is 21.1 Å². The molecule has 3 rings (SSSR count). The van der Waals surface area contributed by atoms with Gasteiger partial charge in [0, 0.05) is 22.2 Å². The maximum Gasteiger partial charge on any atom is 0.271 e. The summed E-state index contributed by atoms with van der Waals surface area (Å²) in [6.07, 6.45) is 1.58. The fraction of sp³-hybridized carbons (Fsp3) is 0.105. The van der Waals surface area contributed by atoms with Gasteiger partial charge in [0.1, 0.15) is 0 Å². The molecule has 1 aromatic heterocycles. The quantitative estimate of drug-likeness (QED) is 0.674. The molecule has 0 fully saturated rings. The molecule has 0 unspecified atom stereocenters. The summed E-state index contributed by atoms with van der Waals surface area (Å²) in [6.45, 7) is 0. The van der Waals surface area contributed by atoms with Gasteiger partial charge in [0.25, 0.3) is 11.8 Å². The number of nitrogens with zero attached hydrogens (tertiary/aromatic N) is 1. The lowest BCUT2D eigenvalue weighted by Gasteiger charge is -2.11. The molecule has 8 heteroatoms. The lowest BCUT2D eigenvalue weighted by atomic mass is 10.1. The molecule has 0 spiro atoms. The molecule has 3 aromatic rings. The number of rotatable bonds is 4. The summed E-state index contributed by atoms with van der Waals surface area (Å²) in [6, 6.07) is 11.4. The molecule has 2 amide bonds. The third-order valence-corrected chi connectivity index (χ3v) is 4.07. The summed E-state index contributed by atoms with van der Waals surface area (Å²) in [5, 5.41) is 1.12. The number of hydrogen-bond donors (Lipinski definition) is 2. The monoisotopic (exact) mass is 385 g/mol. The summed E-state index contributed by atoms with van der Waals surface area (Å²) in [7, 11) is 2.97. The number of ether oxygens (including phenoxy) is 2. The van der Waals surface area contributed by atoms with Gasteiger partial charge in [-0.2, -0.15) is 0 Å². The van der Waals surface area contributed by atoms with Crippen LogP contribution in [0.2, 0.25) is 5.02 Å². The summed E-state index contributed by atoms with van der Waals surface area (Å²) >= 11 is 6.07.